The van der Waals surface area contributed by atoms with Crippen LogP contribution in [0.3, 0.4) is 0 Å². The van der Waals surface area contributed by atoms with Gasteiger partial charge in [-0.25, -0.2) is 4.98 Å². The molecule has 146 valence electrons. The van der Waals surface area contributed by atoms with Crippen molar-refractivity contribution in [2.45, 2.75) is 20.4 Å². The number of rotatable bonds is 7. The lowest BCUT2D eigenvalue weighted by atomic mass is 10.3. The Hall–Kier alpha value is -3.33. The van der Waals surface area contributed by atoms with Gasteiger partial charge in [0.25, 0.3) is 0 Å². The fraction of sp³-hybridized carbons (Fsp3) is 0.211. The van der Waals surface area contributed by atoms with Crippen LogP contribution in [0.25, 0.3) is 11.5 Å². The van der Waals surface area contributed by atoms with Crippen molar-refractivity contribution in [3.63, 3.8) is 0 Å². The molecule has 0 radical (unpaired) electrons. The van der Waals surface area contributed by atoms with Crippen LogP contribution in [0.15, 0.2) is 51.2 Å². The maximum atomic E-state index is 11.0. The largest absolute Gasteiger partial charge is 0.494 e. The van der Waals surface area contributed by atoms with Crippen LogP contribution in [0.5, 0.6) is 5.75 Å². The number of nitrogens with two attached hydrogens (primary N) is 1. The molecule has 0 fully saturated rings. The second-order valence-electron chi connectivity index (χ2n) is 5.77. The van der Waals surface area contributed by atoms with E-state index in [9.17, 15) is 4.79 Å². The van der Waals surface area contributed by atoms with E-state index in [1.54, 1.807) is 12.1 Å². The van der Waals surface area contributed by atoms with Crippen LogP contribution in [-0.2, 0) is 11.3 Å². The first kappa shape index (κ1) is 19.4. The van der Waals surface area contributed by atoms with Crippen LogP contribution >= 0.6 is 11.3 Å². The van der Waals surface area contributed by atoms with Crippen molar-refractivity contribution < 1.29 is 13.9 Å². The van der Waals surface area contributed by atoms with E-state index in [4.69, 9.17) is 14.9 Å². The predicted molar refractivity (Wildman–Crippen MR) is 110 cm³/mol. The number of anilines is 1. The van der Waals surface area contributed by atoms with Gasteiger partial charge in [0.05, 0.1) is 13.2 Å². The number of amides is 1. The number of thiazole rings is 1. The van der Waals surface area contributed by atoms with Crippen molar-refractivity contribution in [2.75, 3.05) is 11.9 Å². The Morgan fingerprint density at radius 2 is 2.07 bits per heavy atom. The maximum Gasteiger partial charge on any atom is 0.217 e. The minimum Gasteiger partial charge on any atom is -0.494 e. The number of furan rings is 1. The van der Waals surface area contributed by atoms with Gasteiger partial charge in [-0.15, -0.1) is 11.3 Å². The minimum absolute atomic E-state index is 0.112. The third-order valence-corrected chi connectivity index (χ3v) is 4.31. The Morgan fingerprint density at radius 3 is 2.79 bits per heavy atom. The Labute approximate surface area is 166 Å². The second kappa shape index (κ2) is 9.05. The van der Waals surface area contributed by atoms with Crippen molar-refractivity contribution in [3.8, 4) is 17.2 Å². The van der Waals surface area contributed by atoms with Crippen molar-refractivity contribution in [1.29, 1.82) is 0 Å². The molecule has 8 nitrogen and oxygen atoms in total. The first-order chi connectivity index (χ1) is 13.5. The summed E-state index contributed by atoms with van der Waals surface area (Å²) in [6.45, 7) is 4.35. The lowest BCUT2D eigenvalue weighted by Gasteiger charge is -2.06. The van der Waals surface area contributed by atoms with Crippen molar-refractivity contribution in [1.82, 2.24) is 10.3 Å². The monoisotopic (exact) mass is 399 g/mol. The third kappa shape index (κ3) is 5.34. The number of carbonyl (C=O) groups excluding carboxylic acids is 1. The average molecular weight is 399 g/mol. The zero-order valence-electron chi connectivity index (χ0n) is 15.6. The fourth-order valence-electron chi connectivity index (χ4n) is 2.33. The summed E-state index contributed by atoms with van der Waals surface area (Å²) in [5.41, 5.74) is 7.43. The quantitative estimate of drug-likeness (QED) is 0.414. The van der Waals surface area contributed by atoms with Gasteiger partial charge in [-0.1, -0.05) is 0 Å². The molecule has 28 heavy (non-hydrogen) atoms. The van der Waals surface area contributed by atoms with E-state index in [0.717, 1.165) is 11.4 Å². The van der Waals surface area contributed by atoms with E-state index in [0.29, 0.717) is 35.5 Å². The SMILES string of the molecule is CCOc1ccc(NC(N)=Nc2nc(-c3ccc(CNC(C)=O)o3)cs2)cc1. The molecule has 3 aromatic rings. The molecule has 1 aromatic carbocycles. The highest BCUT2D eigenvalue weighted by Gasteiger charge is 2.10. The topological polar surface area (TPSA) is 115 Å². The molecule has 0 saturated heterocycles. The van der Waals surface area contributed by atoms with Crippen LogP contribution in [0.1, 0.15) is 19.6 Å². The zero-order chi connectivity index (χ0) is 19.9. The number of hydrogen-bond donors (Lipinski definition) is 3. The van der Waals surface area contributed by atoms with Gasteiger partial charge in [0.15, 0.2) is 5.76 Å². The summed E-state index contributed by atoms with van der Waals surface area (Å²) in [6, 6.07) is 11.0. The van der Waals surface area contributed by atoms with Crippen LogP contribution < -0.4 is 21.1 Å². The molecule has 0 saturated carbocycles. The van der Waals surface area contributed by atoms with Crippen LogP contribution in [-0.4, -0.2) is 23.5 Å². The van der Waals surface area contributed by atoms with Gasteiger partial charge in [0.2, 0.25) is 17.0 Å². The van der Waals surface area contributed by atoms with E-state index < -0.39 is 0 Å². The lowest BCUT2D eigenvalue weighted by Crippen LogP contribution is -2.21. The number of aliphatic imine (C=N–C) groups is 1. The summed E-state index contributed by atoms with van der Waals surface area (Å²) in [6.07, 6.45) is 0. The number of carbonyl (C=O) groups is 1. The molecular formula is C19H21N5O3S. The van der Waals surface area contributed by atoms with E-state index in [2.05, 4.69) is 20.6 Å². The van der Waals surface area contributed by atoms with Crippen LogP contribution in [0, 0.1) is 0 Å². The van der Waals surface area contributed by atoms with Crippen molar-refractivity contribution >= 4 is 34.0 Å². The summed E-state index contributed by atoms with van der Waals surface area (Å²) < 4.78 is 11.1. The summed E-state index contributed by atoms with van der Waals surface area (Å²) in [4.78, 5) is 19.7. The predicted octanol–water partition coefficient (Wildman–Crippen LogP) is 3.50. The number of nitrogens with one attached hydrogen (secondary N) is 2. The highest BCUT2D eigenvalue weighted by atomic mass is 32.1. The molecule has 0 aliphatic heterocycles. The lowest BCUT2D eigenvalue weighted by molar-refractivity contribution is -0.119. The molecule has 0 aliphatic carbocycles. The molecule has 0 unspecified atom stereocenters. The molecule has 4 N–H and O–H groups in total. The Balaban J connectivity index is 1.63. The Bertz CT molecular complexity index is 962. The summed E-state index contributed by atoms with van der Waals surface area (Å²) in [5.74, 6) is 2.18. The first-order valence-corrected chi connectivity index (χ1v) is 9.54. The zero-order valence-corrected chi connectivity index (χ0v) is 16.4. The third-order valence-electron chi connectivity index (χ3n) is 3.57. The number of guanidine groups is 1. The van der Waals surface area contributed by atoms with Gasteiger partial charge in [-0.2, -0.15) is 4.99 Å². The van der Waals surface area contributed by atoms with Gasteiger partial charge in [-0.3, -0.25) is 4.79 Å². The van der Waals surface area contributed by atoms with Crippen molar-refractivity contribution in [2.24, 2.45) is 10.7 Å². The van der Waals surface area contributed by atoms with E-state index in [1.807, 2.05) is 36.6 Å². The fourth-order valence-corrected chi connectivity index (χ4v) is 3.02. The van der Waals surface area contributed by atoms with E-state index >= 15 is 0 Å². The highest BCUT2D eigenvalue weighted by molar-refractivity contribution is 7.13. The second-order valence-corrected chi connectivity index (χ2v) is 6.61. The minimum atomic E-state index is -0.112. The standard InChI is InChI=1S/C19H21N5O3S/c1-3-26-14-6-4-13(5-7-14)22-18(20)24-19-23-16(11-28-19)17-9-8-15(27-17)10-21-12(2)25/h4-9,11H,3,10H2,1-2H3,(H,21,25)(H3,20,22,23,24). The number of ether oxygens (including phenoxy) is 1. The summed E-state index contributed by atoms with van der Waals surface area (Å²) in [7, 11) is 0. The average Bonchev–Trinajstić information content (AvgIpc) is 3.31. The molecule has 2 heterocycles. The van der Waals surface area contributed by atoms with Gasteiger partial charge < -0.3 is 25.5 Å². The van der Waals surface area contributed by atoms with Gasteiger partial charge in [-0.05, 0) is 43.3 Å². The number of nitrogens with zero attached hydrogens (tertiary/aromatic N) is 2. The van der Waals surface area contributed by atoms with Gasteiger partial charge >= 0.3 is 0 Å². The number of hydrogen-bond acceptors (Lipinski definition) is 6. The molecule has 0 bridgehead atoms. The number of aromatic nitrogens is 1. The molecular weight excluding hydrogens is 378 g/mol. The van der Waals surface area contributed by atoms with E-state index in [1.165, 1.54) is 18.3 Å². The summed E-state index contributed by atoms with van der Waals surface area (Å²) >= 11 is 1.35. The van der Waals surface area contributed by atoms with Crippen LogP contribution in [0.2, 0.25) is 0 Å². The first-order valence-electron chi connectivity index (χ1n) is 8.66. The summed E-state index contributed by atoms with van der Waals surface area (Å²) in [5, 5.41) is 8.04. The molecule has 0 atom stereocenters. The van der Waals surface area contributed by atoms with E-state index in [-0.39, 0.29) is 11.9 Å². The molecule has 2 aromatic heterocycles. The molecule has 9 heteroatoms. The van der Waals surface area contributed by atoms with Gasteiger partial charge in [0.1, 0.15) is 17.2 Å². The Kier molecular flexibility index (Phi) is 6.28. The molecule has 1 amide bonds. The maximum absolute atomic E-state index is 11.0. The van der Waals surface area contributed by atoms with Gasteiger partial charge in [0, 0.05) is 18.0 Å². The van der Waals surface area contributed by atoms with Crippen LogP contribution in [0.4, 0.5) is 10.8 Å². The molecule has 0 spiro atoms. The van der Waals surface area contributed by atoms with Crippen molar-refractivity contribution in [3.05, 3.63) is 47.5 Å². The normalized spacial score (nSPS) is 11.3. The molecule has 0 aliphatic rings. The molecule has 3 rings (SSSR count). The Morgan fingerprint density at radius 1 is 1.29 bits per heavy atom. The number of benzene rings is 1. The highest BCUT2D eigenvalue weighted by Crippen LogP contribution is 2.28. The smallest absolute Gasteiger partial charge is 0.217 e.